The lowest BCUT2D eigenvalue weighted by Crippen LogP contribution is -2.32. The molecule has 0 saturated heterocycles. The van der Waals surface area contributed by atoms with Gasteiger partial charge in [-0.15, -0.1) is 23.7 Å². The van der Waals surface area contributed by atoms with Gasteiger partial charge >= 0.3 is 0 Å². The van der Waals surface area contributed by atoms with E-state index in [0.29, 0.717) is 22.3 Å². The minimum atomic E-state index is -0.580. The van der Waals surface area contributed by atoms with Crippen molar-refractivity contribution in [3.8, 4) is 22.8 Å². The number of rotatable bonds is 5. The van der Waals surface area contributed by atoms with Gasteiger partial charge in [0.25, 0.3) is 0 Å². The van der Waals surface area contributed by atoms with Gasteiger partial charge in [0.05, 0.1) is 26.0 Å². The number of nitrogens with zero attached hydrogens (tertiary/aromatic N) is 1. The molecular formula is C14H18ClN3O3S. The first kappa shape index (κ1) is 18.2. The highest BCUT2D eigenvalue weighted by Gasteiger charge is 2.14. The van der Waals surface area contributed by atoms with Gasteiger partial charge in [0.1, 0.15) is 11.5 Å². The molecule has 0 spiro atoms. The summed E-state index contributed by atoms with van der Waals surface area (Å²) in [6, 6.07) is 4.88. The number of carbonyl (C=O) groups is 1. The van der Waals surface area contributed by atoms with Gasteiger partial charge in [-0.25, -0.2) is 4.98 Å². The van der Waals surface area contributed by atoms with E-state index in [2.05, 4.69) is 10.3 Å². The van der Waals surface area contributed by atoms with Crippen LogP contribution >= 0.6 is 23.7 Å². The van der Waals surface area contributed by atoms with Crippen LogP contribution in [0.2, 0.25) is 0 Å². The number of ether oxygens (including phenoxy) is 2. The molecule has 22 heavy (non-hydrogen) atoms. The summed E-state index contributed by atoms with van der Waals surface area (Å²) < 4.78 is 10.5. The predicted molar refractivity (Wildman–Crippen MR) is 90.2 cm³/mol. The molecule has 0 aliphatic carbocycles. The van der Waals surface area contributed by atoms with Crippen LogP contribution in [0, 0.1) is 0 Å². The van der Waals surface area contributed by atoms with Crippen molar-refractivity contribution in [1.29, 1.82) is 0 Å². The number of benzene rings is 1. The van der Waals surface area contributed by atoms with Crippen molar-refractivity contribution in [3.63, 3.8) is 0 Å². The molecule has 0 saturated carbocycles. The molecule has 120 valence electrons. The lowest BCUT2D eigenvalue weighted by Gasteiger charge is -2.08. The SMILES string of the molecule is COc1ccc(OC)c(-c2csc(NC(=O)C(C)N)n2)c1.Cl. The van der Waals surface area contributed by atoms with Crippen LogP contribution in [0.4, 0.5) is 5.13 Å². The smallest absolute Gasteiger partial charge is 0.242 e. The monoisotopic (exact) mass is 343 g/mol. The van der Waals surface area contributed by atoms with Gasteiger partial charge in [-0.2, -0.15) is 0 Å². The Morgan fingerprint density at radius 2 is 2.09 bits per heavy atom. The second kappa shape index (κ2) is 7.98. The van der Waals surface area contributed by atoms with E-state index in [1.807, 2.05) is 23.6 Å². The van der Waals surface area contributed by atoms with Crippen molar-refractivity contribution in [3.05, 3.63) is 23.6 Å². The minimum Gasteiger partial charge on any atom is -0.497 e. The van der Waals surface area contributed by atoms with Crippen molar-refractivity contribution < 1.29 is 14.3 Å². The summed E-state index contributed by atoms with van der Waals surface area (Å²) in [7, 11) is 3.19. The number of halogens is 1. The van der Waals surface area contributed by atoms with Crippen molar-refractivity contribution in [2.75, 3.05) is 19.5 Å². The van der Waals surface area contributed by atoms with Gasteiger partial charge in [-0.1, -0.05) is 0 Å². The third kappa shape index (κ3) is 4.09. The number of nitrogens with one attached hydrogen (secondary N) is 1. The number of methoxy groups -OCH3 is 2. The first-order valence-electron chi connectivity index (χ1n) is 6.29. The predicted octanol–water partition coefficient (Wildman–Crippen LogP) is 2.53. The van der Waals surface area contributed by atoms with Crippen LogP contribution in [0.15, 0.2) is 23.6 Å². The summed E-state index contributed by atoms with van der Waals surface area (Å²) in [5, 5.41) is 5.01. The normalized spacial score (nSPS) is 11.3. The van der Waals surface area contributed by atoms with Crippen LogP contribution in [0.25, 0.3) is 11.3 Å². The fourth-order valence-corrected chi connectivity index (χ4v) is 2.40. The van der Waals surface area contributed by atoms with E-state index in [1.165, 1.54) is 11.3 Å². The Labute approximate surface area is 139 Å². The number of hydrogen-bond donors (Lipinski definition) is 2. The largest absolute Gasteiger partial charge is 0.497 e. The lowest BCUT2D eigenvalue weighted by molar-refractivity contribution is -0.117. The van der Waals surface area contributed by atoms with Crippen LogP contribution in [0.5, 0.6) is 11.5 Å². The standard InChI is InChI=1S/C14H17N3O3S.ClH/c1-8(15)13(18)17-14-16-11(7-21-14)10-6-9(19-2)4-5-12(10)20-3;/h4-8H,15H2,1-3H3,(H,16,17,18);1H. The van der Waals surface area contributed by atoms with Crippen LogP contribution in [0.3, 0.4) is 0 Å². The molecule has 0 aliphatic rings. The molecule has 1 aromatic heterocycles. The number of hydrogen-bond acceptors (Lipinski definition) is 6. The Bertz CT molecular complexity index is 646. The Morgan fingerprint density at radius 3 is 2.68 bits per heavy atom. The Morgan fingerprint density at radius 1 is 1.36 bits per heavy atom. The third-order valence-corrected chi connectivity index (χ3v) is 3.59. The molecule has 1 unspecified atom stereocenters. The molecule has 8 heteroatoms. The molecule has 1 aromatic carbocycles. The molecule has 0 radical (unpaired) electrons. The quantitative estimate of drug-likeness (QED) is 0.871. The molecule has 2 rings (SSSR count). The van der Waals surface area contributed by atoms with E-state index in [-0.39, 0.29) is 18.3 Å². The molecule has 0 bridgehead atoms. The summed E-state index contributed by atoms with van der Waals surface area (Å²) in [5.74, 6) is 1.12. The summed E-state index contributed by atoms with van der Waals surface area (Å²) in [4.78, 5) is 15.9. The Balaban J connectivity index is 0.00000242. The first-order valence-corrected chi connectivity index (χ1v) is 7.17. The fourth-order valence-electron chi connectivity index (χ4n) is 1.69. The second-order valence-corrected chi connectivity index (χ2v) is 5.24. The van der Waals surface area contributed by atoms with Crippen molar-refractivity contribution in [2.45, 2.75) is 13.0 Å². The second-order valence-electron chi connectivity index (χ2n) is 4.38. The highest BCUT2D eigenvalue weighted by Crippen LogP contribution is 2.34. The topological polar surface area (TPSA) is 86.5 Å². The number of amides is 1. The van der Waals surface area contributed by atoms with Gasteiger partial charge < -0.3 is 20.5 Å². The van der Waals surface area contributed by atoms with Crippen LogP contribution in [-0.2, 0) is 4.79 Å². The Kier molecular flexibility index (Phi) is 6.61. The number of aromatic nitrogens is 1. The molecule has 1 atom stereocenters. The van der Waals surface area contributed by atoms with Crippen LogP contribution in [-0.4, -0.2) is 31.2 Å². The molecule has 6 nitrogen and oxygen atoms in total. The molecule has 3 N–H and O–H groups in total. The van der Waals surface area contributed by atoms with Crippen LogP contribution in [0.1, 0.15) is 6.92 Å². The summed E-state index contributed by atoms with van der Waals surface area (Å²) in [6.07, 6.45) is 0. The first-order chi connectivity index (χ1) is 10.0. The summed E-state index contributed by atoms with van der Waals surface area (Å²) in [6.45, 7) is 1.62. The molecule has 1 heterocycles. The zero-order chi connectivity index (χ0) is 15.4. The summed E-state index contributed by atoms with van der Waals surface area (Å²) in [5.41, 5.74) is 7.02. The zero-order valence-electron chi connectivity index (χ0n) is 12.5. The third-order valence-electron chi connectivity index (χ3n) is 2.83. The van der Waals surface area contributed by atoms with Gasteiger partial charge in [0.2, 0.25) is 5.91 Å². The van der Waals surface area contributed by atoms with Gasteiger partial charge in [0.15, 0.2) is 5.13 Å². The van der Waals surface area contributed by atoms with Crippen molar-refractivity contribution in [2.24, 2.45) is 5.73 Å². The fraction of sp³-hybridized carbons (Fsp3) is 0.286. The molecule has 1 amide bonds. The summed E-state index contributed by atoms with van der Waals surface area (Å²) >= 11 is 1.33. The maximum absolute atomic E-state index is 11.6. The average molecular weight is 344 g/mol. The molecular weight excluding hydrogens is 326 g/mol. The maximum atomic E-state index is 11.6. The van der Waals surface area contributed by atoms with E-state index in [1.54, 1.807) is 21.1 Å². The van der Waals surface area contributed by atoms with E-state index in [4.69, 9.17) is 15.2 Å². The van der Waals surface area contributed by atoms with E-state index < -0.39 is 6.04 Å². The number of nitrogens with two attached hydrogens (primary N) is 1. The number of thiazole rings is 1. The van der Waals surface area contributed by atoms with Gasteiger partial charge in [0, 0.05) is 10.9 Å². The highest BCUT2D eigenvalue weighted by molar-refractivity contribution is 7.14. The van der Waals surface area contributed by atoms with Gasteiger partial charge in [-0.05, 0) is 25.1 Å². The molecule has 0 aliphatic heterocycles. The van der Waals surface area contributed by atoms with Crippen molar-refractivity contribution in [1.82, 2.24) is 4.98 Å². The van der Waals surface area contributed by atoms with Crippen LogP contribution < -0.4 is 20.5 Å². The minimum absolute atomic E-state index is 0. The Hall–Kier alpha value is -1.83. The van der Waals surface area contributed by atoms with E-state index in [0.717, 1.165) is 5.56 Å². The number of anilines is 1. The molecule has 2 aromatic rings. The average Bonchev–Trinajstić information content (AvgIpc) is 2.94. The molecule has 0 fully saturated rings. The van der Waals surface area contributed by atoms with E-state index >= 15 is 0 Å². The lowest BCUT2D eigenvalue weighted by atomic mass is 10.1. The zero-order valence-corrected chi connectivity index (χ0v) is 14.1. The van der Waals surface area contributed by atoms with E-state index in [9.17, 15) is 4.79 Å². The highest BCUT2D eigenvalue weighted by atomic mass is 35.5. The van der Waals surface area contributed by atoms with Gasteiger partial charge in [-0.3, -0.25) is 4.79 Å². The maximum Gasteiger partial charge on any atom is 0.242 e. The van der Waals surface area contributed by atoms with Crippen molar-refractivity contribution >= 4 is 34.8 Å². The number of carbonyl (C=O) groups excluding carboxylic acids is 1.